The van der Waals surface area contributed by atoms with Crippen LogP contribution in [-0.4, -0.2) is 25.8 Å². The van der Waals surface area contributed by atoms with Crippen molar-refractivity contribution >= 4 is 5.97 Å². The first-order valence-electron chi connectivity index (χ1n) is 13.0. The van der Waals surface area contributed by atoms with Crippen molar-refractivity contribution in [1.29, 1.82) is 5.26 Å². The van der Waals surface area contributed by atoms with E-state index in [9.17, 15) is 14.4 Å². The zero-order valence-corrected chi connectivity index (χ0v) is 22.6. The number of carbonyl (C=O) groups is 1. The first-order chi connectivity index (χ1) is 19.3. The Morgan fingerprint density at radius 1 is 1.07 bits per heavy atom. The van der Waals surface area contributed by atoms with Gasteiger partial charge in [0.05, 0.1) is 19.6 Å². The minimum absolute atomic E-state index is 0.0460. The highest BCUT2D eigenvalue weighted by atomic mass is 19.1. The summed E-state index contributed by atoms with van der Waals surface area (Å²) in [7, 11) is 1.56. The summed E-state index contributed by atoms with van der Waals surface area (Å²) < 4.78 is 41.4. The lowest BCUT2D eigenvalue weighted by Gasteiger charge is -2.27. The summed E-state index contributed by atoms with van der Waals surface area (Å²) in [6.07, 6.45) is 2.15. The smallest absolute Gasteiger partial charge is 0.352 e. The number of nitrogens with zero attached hydrogens (tertiary/aromatic N) is 1. The van der Waals surface area contributed by atoms with Crippen LogP contribution in [0.4, 0.5) is 4.39 Å². The van der Waals surface area contributed by atoms with Gasteiger partial charge >= 0.3 is 5.97 Å². The number of fused-ring (bicyclic) bond motifs is 1. The normalized spacial score (nSPS) is 14.8. The van der Waals surface area contributed by atoms with Crippen LogP contribution < -0.4 is 29.4 Å². The van der Waals surface area contributed by atoms with E-state index in [1.165, 1.54) is 37.3 Å². The molecule has 0 spiro atoms. The second-order valence-corrected chi connectivity index (χ2v) is 9.23. The van der Waals surface area contributed by atoms with E-state index in [1.807, 2.05) is 18.2 Å². The third-order valence-corrected chi connectivity index (χ3v) is 6.39. The van der Waals surface area contributed by atoms with E-state index >= 15 is 0 Å². The molecule has 0 bridgehead atoms. The second-order valence-electron chi connectivity index (χ2n) is 9.23. The highest BCUT2D eigenvalue weighted by Gasteiger charge is 2.32. The molecule has 1 aliphatic heterocycles. The maximum atomic E-state index is 13.1. The zero-order valence-electron chi connectivity index (χ0n) is 22.6. The molecule has 3 aromatic rings. The molecular weight excluding hydrogens is 515 g/mol. The van der Waals surface area contributed by atoms with Gasteiger partial charge in [-0.1, -0.05) is 31.9 Å². The number of nitriles is 1. The molecule has 0 radical (unpaired) electrons. The molecule has 2 unspecified atom stereocenters. The lowest BCUT2D eigenvalue weighted by Crippen LogP contribution is -2.28. The van der Waals surface area contributed by atoms with Crippen molar-refractivity contribution in [2.75, 3.05) is 13.7 Å². The van der Waals surface area contributed by atoms with Gasteiger partial charge < -0.3 is 29.4 Å². The van der Waals surface area contributed by atoms with Gasteiger partial charge in [-0.2, -0.15) is 5.26 Å². The lowest BCUT2D eigenvalue weighted by atomic mass is 9.83. The fourth-order valence-corrected chi connectivity index (χ4v) is 4.32. The van der Waals surface area contributed by atoms with Crippen molar-refractivity contribution in [3.8, 4) is 34.8 Å². The minimum atomic E-state index is -0.958. The first kappa shape index (κ1) is 28.3. The van der Waals surface area contributed by atoms with Crippen LogP contribution in [0.1, 0.15) is 50.2 Å². The predicted molar refractivity (Wildman–Crippen MR) is 146 cm³/mol. The van der Waals surface area contributed by atoms with Crippen LogP contribution in [0.2, 0.25) is 0 Å². The molecule has 0 aliphatic carbocycles. The van der Waals surface area contributed by atoms with Crippen LogP contribution >= 0.6 is 0 Å². The highest BCUT2D eigenvalue weighted by molar-refractivity contribution is 5.77. The Labute approximate surface area is 232 Å². The summed E-state index contributed by atoms with van der Waals surface area (Å²) in [6.45, 7) is 4.24. The van der Waals surface area contributed by atoms with Crippen molar-refractivity contribution < 1.29 is 32.9 Å². The summed E-state index contributed by atoms with van der Waals surface area (Å²) in [6, 6.07) is 17.9. The third-order valence-electron chi connectivity index (χ3n) is 6.39. The average Bonchev–Trinajstić information content (AvgIpc) is 2.95. The number of rotatable bonds is 11. The molecule has 9 heteroatoms. The van der Waals surface area contributed by atoms with Crippen LogP contribution in [0.5, 0.6) is 28.7 Å². The molecule has 8 nitrogen and oxygen atoms in total. The van der Waals surface area contributed by atoms with Crippen molar-refractivity contribution in [1.82, 2.24) is 0 Å². The molecular formula is C31H31FN2O6. The van der Waals surface area contributed by atoms with E-state index in [0.29, 0.717) is 35.2 Å². The molecule has 0 saturated carbocycles. The van der Waals surface area contributed by atoms with Gasteiger partial charge in [0.2, 0.25) is 5.88 Å². The Morgan fingerprint density at radius 2 is 1.82 bits per heavy atom. The number of unbranched alkanes of at least 4 members (excludes halogenated alkanes) is 2. The van der Waals surface area contributed by atoms with Crippen LogP contribution in [-0.2, 0) is 4.79 Å². The van der Waals surface area contributed by atoms with Gasteiger partial charge in [-0.15, -0.1) is 0 Å². The number of nitrogens with two attached hydrogens (primary N) is 1. The Bertz CT molecular complexity index is 1430. The number of benzene rings is 3. The number of ether oxygens (including phenoxy) is 5. The molecule has 4 rings (SSSR count). The van der Waals surface area contributed by atoms with Crippen LogP contribution in [0.3, 0.4) is 0 Å². The Kier molecular flexibility index (Phi) is 9.12. The van der Waals surface area contributed by atoms with Gasteiger partial charge in [-0.25, -0.2) is 9.18 Å². The van der Waals surface area contributed by atoms with Crippen molar-refractivity contribution in [3.63, 3.8) is 0 Å². The number of allylic oxidation sites excluding steroid dienone is 1. The molecule has 0 fully saturated rings. The van der Waals surface area contributed by atoms with Gasteiger partial charge in [0.15, 0.2) is 17.6 Å². The van der Waals surface area contributed by atoms with E-state index in [4.69, 9.17) is 29.4 Å². The number of carbonyl (C=O) groups excluding carboxylic acids is 1. The van der Waals surface area contributed by atoms with E-state index in [1.54, 1.807) is 19.2 Å². The van der Waals surface area contributed by atoms with Crippen molar-refractivity contribution in [2.45, 2.75) is 45.1 Å². The maximum absolute atomic E-state index is 13.1. The largest absolute Gasteiger partial charge is 0.493 e. The topological polar surface area (TPSA) is 113 Å². The van der Waals surface area contributed by atoms with Crippen LogP contribution in [0.25, 0.3) is 0 Å². The summed E-state index contributed by atoms with van der Waals surface area (Å²) >= 11 is 0. The van der Waals surface area contributed by atoms with Crippen molar-refractivity contribution in [2.24, 2.45) is 5.73 Å². The average molecular weight is 547 g/mol. The monoisotopic (exact) mass is 546 g/mol. The highest BCUT2D eigenvalue weighted by Crippen LogP contribution is 2.45. The number of methoxy groups -OCH3 is 1. The van der Waals surface area contributed by atoms with E-state index in [-0.39, 0.29) is 17.2 Å². The molecule has 2 atom stereocenters. The Hall–Kier alpha value is -4.71. The number of hydrogen-bond donors (Lipinski definition) is 1. The molecule has 0 aromatic heterocycles. The summed E-state index contributed by atoms with van der Waals surface area (Å²) in [5, 5.41) is 9.91. The number of halogens is 1. The van der Waals surface area contributed by atoms with Gasteiger partial charge in [0.1, 0.15) is 34.7 Å². The van der Waals surface area contributed by atoms with Gasteiger partial charge in [-0.3, -0.25) is 0 Å². The standard InChI is InChI=1S/C31H31FN2O6/c1-4-5-6-15-37-26-14-7-20(16-28(26)36-3)29-24-13-12-23(17-27(24)40-30(34)25(29)18-33)39-31(35)19(2)38-22-10-8-21(32)9-11-22/h7-14,16-17,19,29H,4-6,15,34H2,1-3H3. The van der Waals surface area contributed by atoms with E-state index < -0.39 is 23.8 Å². The molecule has 1 aliphatic rings. The van der Waals surface area contributed by atoms with E-state index in [2.05, 4.69) is 13.0 Å². The van der Waals surface area contributed by atoms with Crippen molar-refractivity contribution in [3.05, 3.63) is 89.1 Å². The molecule has 0 saturated heterocycles. The fourth-order valence-electron chi connectivity index (χ4n) is 4.32. The zero-order chi connectivity index (χ0) is 28.6. The van der Waals surface area contributed by atoms with Crippen LogP contribution in [0, 0.1) is 17.1 Å². The molecule has 0 amide bonds. The summed E-state index contributed by atoms with van der Waals surface area (Å²) in [5.41, 5.74) is 7.82. The van der Waals surface area contributed by atoms with Gasteiger partial charge in [0.25, 0.3) is 0 Å². The summed E-state index contributed by atoms with van der Waals surface area (Å²) in [5.74, 6) is 0.388. The second kappa shape index (κ2) is 12.9. The van der Waals surface area contributed by atoms with Crippen LogP contribution in [0.15, 0.2) is 72.1 Å². The maximum Gasteiger partial charge on any atom is 0.352 e. The molecule has 1 heterocycles. The SMILES string of the molecule is CCCCCOc1ccc(C2C(C#N)=C(N)Oc3cc(OC(=O)C(C)Oc4ccc(F)cc4)ccc32)cc1OC. The summed E-state index contributed by atoms with van der Waals surface area (Å²) in [4.78, 5) is 12.6. The number of hydrogen-bond acceptors (Lipinski definition) is 8. The fraction of sp³-hybridized carbons (Fsp3) is 0.290. The Morgan fingerprint density at radius 3 is 2.52 bits per heavy atom. The molecule has 208 valence electrons. The quantitative estimate of drug-likeness (QED) is 0.177. The third kappa shape index (κ3) is 6.46. The molecule has 40 heavy (non-hydrogen) atoms. The van der Waals surface area contributed by atoms with Gasteiger partial charge in [-0.05, 0) is 61.4 Å². The van der Waals surface area contributed by atoms with Gasteiger partial charge in [0, 0.05) is 11.6 Å². The number of esters is 1. The Balaban J connectivity index is 1.56. The predicted octanol–water partition coefficient (Wildman–Crippen LogP) is 5.99. The molecule has 3 aromatic carbocycles. The van der Waals surface area contributed by atoms with E-state index in [0.717, 1.165) is 24.8 Å². The molecule has 2 N–H and O–H groups in total. The minimum Gasteiger partial charge on any atom is -0.493 e. The lowest BCUT2D eigenvalue weighted by molar-refractivity contribution is -0.141. The first-order valence-corrected chi connectivity index (χ1v) is 13.0.